The number of benzene rings is 1. The number of hydrogen-bond acceptors (Lipinski definition) is 1. The van der Waals surface area contributed by atoms with E-state index in [2.05, 4.69) is 48.9 Å². The van der Waals surface area contributed by atoms with Crippen molar-refractivity contribution >= 4 is 11.0 Å². The van der Waals surface area contributed by atoms with Gasteiger partial charge in [0.15, 0.2) is 0 Å². The summed E-state index contributed by atoms with van der Waals surface area (Å²) in [6, 6.07) is 6.50. The number of nitrogens with zero attached hydrogens (tertiary/aromatic N) is 1. The standard InChI is InChI=1S/C13H18N2/c1-4-5-13-14-11-7-6-10(9(2)3)8-12(11)15-13/h6-9H,4-5H2,1-3H3,(H,14,15). The third-order valence-corrected chi connectivity index (χ3v) is 2.71. The van der Waals surface area contributed by atoms with Gasteiger partial charge in [-0.05, 0) is 30.0 Å². The topological polar surface area (TPSA) is 28.7 Å². The van der Waals surface area contributed by atoms with Gasteiger partial charge in [0, 0.05) is 6.42 Å². The van der Waals surface area contributed by atoms with E-state index in [1.165, 1.54) is 11.1 Å². The highest BCUT2D eigenvalue weighted by Gasteiger charge is 2.04. The van der Waals surface area contributed by atoms with Crippen LogP contribution in [0.1, 0.15) is 44.5 Å². The Morgan fingerprint density at radius 2 is 2.13 bits per heavy atom. The lowest BCUT2D eigenvalue weighted by molar-refractivity contribution is 0.860. The monoisotopic (exact) mass is 202 g/mol. The van der Waals surface area contributed by atoms with E-state index in [-0.39, 0.29) is 0 Å². The largest absolute Gasteiger partial charge is 0.342 e. The van der Waals surface area contributed by atoms with Crippen LogP contribution in [-0.4, -0.2) is 9.97 Å². The number of aromatic nitrogens is 2. The van der Waals surface area contributed by atoms with Gasteiger partial charge in [0.05, 0.1) is 11.0 Å². The van der Waals surface area contributed by atoms with Crippen LogP contribution in [0.15, 0.2) is 18.2 Å². The summed E-state index contributed by atoms with van der Waals surface area (Å²) in [6.45, 7) is 6.60. The fraction of sp³-hybridized carbons (Fsp3) is 0.462. The van der Waals surface area contributed by atoms with Gasteiger partial charge >= 0.3 is 0 Å². The molecule has 0 aliphatic carbocycles. The number of fused-ring (bicyclic) bond motifs is 1. The third-order valence-electron chi connectivity index (χ3n) is 2.71. The van der Waals surface area contributed by atoms with Crippen molar-refractivity contribution in [2.45, 2.75) is 39.5 Å². The Morgan fingerprint density at radius 1 is 1.33 bits per heavy atom. The molecule has 0 radical (unpaired) electrons. The summed E-state index contributed by atoms with van der Waals surface area (Å²) < 4.78 is 0. The van der Waals surface area contributed by atoms with Gasteiger partial charge in [-0.15, -0.1) is 0 Å². The summed E-state index contributed by atoms with van der Waals surface area (Å²) >= 11 is 0. The molecule has 0 unspecified atom stereocenters. The zero-order chi connectivity index (χ0) is 10.8. The summed E-state index contributed by atoms with van der Waals surface area (Å²) in [5.74, 6) is 1.68. The van der Waals surface area contributed by atoms with Crippen molar-refractivity contribution in [1.82, 2.24) is 9.97 Å². The molecular weight excluding hydrogens is 184 g/mol. The Hall–Kier alpha value is -1.31. The van der Waals surface area contributed by atoms with Gasteiger partial charge in [0.25, 0.3) is 0 Å². The molecule has 0 fully saturated rings. The zero-order valence-electron chi connectivity index (χ0n) is 9.67. The summed E-state index contributed by atoms with van der Waals surface area (Å²) in [4.78, 5) is 7.93. The van der Waals surface area contributed by atoms with E-state index in [1.807, 2.05) is 0 Å². The average molecular weight is 202 g/mol. The minimum Gasteiger partial charge on any atom is -0.342 e. The molecule has 1 aromatic heterocycles. The quantitative estimate of drug-likeness (QED) is 0.808. The van der Waals surface area contributed by atoms with E-state index < -0.39 is 0 Å². The number of nitrogens with one attached hydrogen (secondary N) is 1. The molecule has 0 aliphatic heterocycles. The molecule has 2 nitrogen and oxygen atoms in total. The van der Waals surface area contributed by atoms with Crippen molar-refractivity contribution in [3.8, 4) is 0 Å². The molecule has 0 saturated carbocycles. The maximum Gasteiger partial charge on any atom is 0.107 e. The van der Waals surface area contributed by atoms with Crippen molar-refractivity contribution in [2.24, 2.45) is 0 Å². The molecule has 15 heavy (non-hydrogen) atoms. The summed E-state index contributed by atoms with van der Waals surface area (Å²) in [6.07, 6.45) is 2.17. The van der Waals surface area contributed by atoms with Crippen molar-refractivity contribution in [3.63, 3.8) is 0 Å². The fourth-order valence-corrected chi connectivity index (χ4v) is 1.79. The Labute approximate surface area is 90.7 Å². The molecule has 0 saturated heterocycles. The van der Waals surface area contributed by atoms with E-state index in [0.29, 0.717) is 5.92 Å². The van der Waals surface area contributed by atoms with Gasteiger partial charge in [0.1, 0.15) is 5.82 Å². The molecule has 2 aromatic rings. The Morgan fingerprint density at radius 3 is 2.80 bits per heavy atom. The molecule has 0 bridgehead atoms. The summed E-state index contributed by atoms with van der Waals surface area (Å²) in [5.41, 5.74) is 3.63. The number of rotatable bonds is 3. The maximum atomic E-state index is 4.55. The van der Waals surface area contributed by atoms with Crippen LogP contribution in [0.2, 0.25) is 0 Å². The van der Waals surface area contributed by atoms with Crippen LogP contribution in [0.5, 0.6) is 0 Å². The average Bonchev–Trinajstić information content (AvgIpc) is 2.59. The first kappa shape index (κ1) is 10.2. The van der Waals surface area contributed by atoms with Crippen LogP contribution in [-0.2, 0) is 6.42 Å². The first-order chi connectivity index (χ1) is 7.20. The zero-order valence-corrected chi connectivity index (χ0v) is 9.67. The molecule has 1 aromatic carbocycles. The van der Waals surface area contributed by atoms with Crippen LogP contribution in [0, 0.1) is 0 Å². The van der Waals surface area contributed by atoms with Gasteiger partial charge in [-0.25, -0.2) is 4.98 Å². The first-order valence-electron chi connectivity index (χ1n) is 5.69. The Kier molecular flexibility index (Phi) is 2.76. The van der Waals surface area contributed by atoms with Gasteiger partial charge in [-0.2, -0.15) is 0 Å². The molecule has 0 spiro atoms. The number of imidazole rings is 1. The lowest BCUT2D eigenvalue weighted by Gasteiger charge is -2.03. The smallest absolute Gasteiger partial charge is 0.107 e. The van der Waals surface area contributed by atoms with E-state index in [4.69, 9.17) is 0 Å². The predicted molar refractivity (Wildman–Crippen MR) is 64.2 cm³/mol. The van der Waals surface area contributed by atoms with Crippen molar-refractivity contribution < 1.29 is 0 Å². The second kappa shape index (κ2) is 4.05. The lowest BCUT2D eigenvalue weighted by atomic mass is 10.0. The summed E-state index contributed by atoms with van der Waals surface area (Å²) in [7, 11) is 0. The molecule has 0 atom stereocenters. The molecule has 2 heteroatoms. The van der Waals surface area contributed by atoms with E-state index >= 15 is 0 Å². The maximum absolute atomic E-state index is 4.55. The number of H-pyrrole nitrogens is 1. The molecule has 2 rings (SSSR count). The normalized spacial score (nSPS) is 11.5. The van der Waals surface area contributed by atoms with Gasteiger partial charge < -0.3 is 4.98 Å². The number of aryl methyl sites for hydroxylation is 1. The van der Waals surface area contributed by atoms with Gasteiger partial charge in [0.2, 0.25) is 0 Å². The highest BCUT2D eigenvalue weighted by Crippen LogP contribution is 2.20. The van der Waals surface area contributed by atoms with Gasteiger partial charge in [-0.1, -0.05) is 26.8 Å². The predicted octanol–water partition coefficient (Wildman–Crippen LogP) is 3.64. The van der Waals surface area contributed by atoms with Crippen LogP contribution >= 0.6 is 0 Å². The molecular formula is C13H18N2. The SMILES string of the molecule is CCCc1nc2ccc(C(C)C)cc2[nH]1. The van der Waals surface area contributed by atoms with Crippen LogP contribution in [0.25, 0.3) is 11.0 Å². The molecule has 0 amide bonds. The molecule has 80 valence electrons. The highest BCUT2D eigenvalue weighted by molar-refractivity contribution is 5.76. The lowest BCUT2D eigenvalue weighted by Crippen LogP contribution is -1.86. The van der Waals surface area contributed by atoms with Gasteiger partial charge in [-0.3, -0.25) is 0 Å². The third kappa shape index (κ3) is 2.04. The molecule has 0 aliphatic rings. The minimum atomic E-state index is 0.576. The molecule has 1 N–H and O–H groups in total. The second-order valence-electron chi connectivity index (χ2n) is 4.36. The van der Waals surface area contributed by atoms with Crippen molar-refractivity contribution in [2.75, 3.05) is 0 Å². The van der Waals surface area contributed by atoms with Crippen molar-refractivity contribution in [1.29, 1.82) is 0 Å². The van der Waals surface area contributed by atoms with Crippen LogP contribution in [0.3, 0.4) is 0 Å². The first-order valence-corrected chi connectivity index (χ1v) is 5.69. The Balaban J connectivity index is 2.43. The van der Waals surface area contributed by atoms with E-state index in [9.17, 15) is 0 Å². The van der Waals surface area contributed by atoms with E-state index in [1.54, 1.807) is 0 Å². The number of aromatic amines is 1. The molecule has 1 heterocycles. The number of hydrogen-bond donors (Lipinski definition) is 1. The van der Waals surface area contributed by atoms with Crippen LogP contribution < -0.4 is 0 Å². The van der Waals surface area contributed by atoms with Crippen LogP contribution in [0.4, 0.5) is 0 Å². The second-order valence-corrected chi connectivity index (χ2v) is 4.36. The Bertz CT molecular complexity index is 455. The minimum absolute atomic E-state index is 0.576. The highest BCUT2D eigenvalue weighted by atomic mass is 14.9. The fourth-order valence-electron chi connectivity index (χ4n) is 1.79. The van der Waals surface area contributed by atoms with E-state index in [0.717, 1.165) is 24.2 Å². The van der Waals surface area contributed by atoms with Crippen molar-refractivity contribution in [3.05, 3.63) is 29.6 Å². The summed E-state index contributed by atoms with van der Waals surface area (Å²) in [5, 5.41) is 0.